The van der Waals surface area contributed by atoms with Gasteiger partial charge in [-0.1, -0.05) is 38.8 Å². The molecule has 4 heteroatoms. The van der Waals surface area contributed by atoms with Crippen molar-refractivity contribution in [2.75, 3.05) is 18.0 Å². The Morgan fingerprint density at radius 1 is 1.37 bits per heavy atom. The van der Waals surface area contributed by atoms with Crippen molar-refractivity contribution in [3.63, 3.8) is 0 Å². The van der Waals surface area contributed by atoms with Gasteiger partial charge in [0.1, 0.15) is 5.82 Å². The van der Waals surface area contributed by atoms with Gasteiger partial charge in [0.2, 0.25) is 0 Å². The van der Waals surface area contributed by atoms with E-state index in [0.29, 0.717) is 6.04 Å². The van der Waals surface area contributed by atoms with Crippen molar-refractivity contribution in [2.24, 2.45) is 0 Å². The molecule has 0 fully saturated rings. The lowest BCUT2D eigenvalue weighted by atomic mass is 10.2. The predicted molar refractivity (Wildman–Crippen MR) is 84.0 cm³/mol. The van der Waals surface area contributed by atoms with E-state index in [1.165, 1.54) is 12.8 Å². The summed E-state index contributed by atoms with van der Waals surface area (Å²) < 4.78 is 0. The molecule has 0 saturated heterocycles. The smallest absolute Gasteiger partial charge is 0.147 e. The second-order valence-corrected chi connectivity index (χ2v) is 5.53. The van der Waals surface area contributed by atoms with Gasteiger partial charge >= 0.3 is 0 Å². The van der Waals surface area contributed by atoms with E-state index < -0.39 is 0 Å². The zero-order valence-corrected chi connectivity index (χ0v) is 13.3. The molecule has 108 valence electrons. The van der Waals surface area contributed by atoms with Gasteiger partial charge in [0.25, 0.3) is 0 Å². The highest BCUT2D eigenvalue weighted by molar-refractivity contribution is 6.33. The number of hydrogen-bond acceptors (Lipinski definition) is 3. The second-order valence-electron chi connectivity index (χ2n) is 5.12. The van der Waals surface area contributed by atoms with Gasteiger partial charge in [-0.15, -0.1) is 0 Å². The quantitative estimate of drug-likeness (QED) is 0.785. The monoisotopic (exact) mass is 283 g/mol. The van der Waals surface area contributed by atoms with Crippen LogP contribution in [0, 0.1) is 0 Å². The SMILES string of the molecule is CCCCN(CC)c1ncc(CNC(C)C)cc1Cl. The van der Waals surface area contributed by atoms with E-state index in [2.05, 4.69) is 42.9 Å². The highest BCUT2D eigenvalue weighted by Crippen LogP contribution is 2.24. The molecule has 19 heavy (non-hydrogen) atoms. The molecule has 0 radical (unpaired) electrons. The average Bonchev–Trinajstić information content (AvgIpc) is 2.39. The summed E-state index contributed by atoms with van der Waals surface area (Å²) in [5, 5.41) is 4.12. The molecule has 0 atom stereocenters. The highest BCUT2D eigenvalue weighted by atomic mass is 35.5. The fraction of sp³-hybridized carbons (Fsp3) is 0.667. The molecule has 1 aromatic rings. The van der Waals surface area contributed by atoms with Gasteiger partial charge in [-0.25, -0.2) is 4.98 Å². The van der Waals surface area contributed by atoms with Crippen LogP contribution < -0.4 is 10.2 Å². The molecule has 0 unspecified atom stereocenters. The Kier molecular flexibility index (Phi) is 7.17. The number of hydrogen-bond donors (Lipinski definition) is 1. The molecule has 0 amide bonds. The first-order valence-corrected chi connectivity index (χ1v) is 7.59. The van der Waals surface area contributed by atoms with E-state index in [1.807, 2.05) is 12.3 Å². The minimum absolute atomic E-state index is 0.468. The predicted octanol–water partition coefficient (Wildman–Crippen LogP) is 3.86. The summed E-state index contributed by atoms with van der Waals surface area (Å²) in [5.41, 5.74) is 1.13. The molecule has 0 aliphatic heterocycles. The van der Waals surface area contributed by atoms with E-state index in [9.17, 15) is 0 Å². The van der Waals surface area contributed by atoms with E-state index in [0.717, 1.165) is 36.0 Å². The third kappa shape index (κ3) is 5.37. The Labute approximate surface area is 122 Å². The Bertz CT molecular complexity index is 380. The van der Waals surface area contributed by atoms with Crippen LogP contribution in [0.2, 0.25) is 5.02 Å². The first-order chi connectivity index (χ1) is 9.08. The Morgan fingerprint density at radius 2 is 2.11 bits per heavy atom. The number of aromatic nitrogens is 1. The summed E-state index contributed by atoms with van der Waals surface area (Å²) in [4.78, 5) is 6.78. The number of unbranched alkanes of at least 4 members (excludes halogenated alkanes) is 1. The number of nitrogens with zero attached hydrogens (tertiary/aromatic N) is 2. The molecule has 1 N–H and O–H groups in total. The lowest BCUT2D eigenvalue weighted by Gasteiger charge is -2.23. The van der Waals surface area contributed by atoms with Crippen LogP contribution in [-0.4, -0.2) is 24.1 Å². The molecule has 0 aliphatic rings. The summed E-state index contributed by atoms with van der Waals surface area (Å²) >= 11 is 6.37. The molecule has 3 nitrogen and oxygen atoms in total. The zero-order chi connectivity index (χ0) is 14.3. The van der Waals surface area contributed by atoms with E-state index in [1.54, 1.807) is 0 Å². The molecule has 0 spiro atoms. The van der Waals surface area contributed by atoms with Crippen molar-refractivity contribution in [2.45, 2.75) is 53.1 Å². The van der Waals surface area contributed by atoms with Crippen molar-refractivity contribution in [1.82, 2.24) is 10.3 Å². The first kappa shape index (κ1) is 16.3. The number of pyridine rings is 1. The highest BCUT2D eigenvalue weighted by Gasteiger charge is 2.10. The Hall–Kier alpha value is -0.800. The molecular weight excluding hydrogens is 258 g/mol. The van der Waals surface area contributed by atoms with Crippen LogP contribution in [0.1, 0.15) is 46.1 Å². The van der Waals surface area contributed by atoms with Gasteiger partial charge in [0.15, 0.2) is 0 Å². The van der Waals surface area contributed by atoms with Crippen LogP contribution in [-0.2, 0) is 6.54 Å². The standard InChI is InChI=1S/C15H26ClN3/c1-5-7-8-19(6-2)15-14(16)9-13(11-18-15)10-17-12(3)4/h9,11-12,17H,5-8,10H2,1-4H3. The summed E-state index contributed by atoms with van der Waals surface area (Å²) in [6.45, 7) is 11.4. The summed E-state index contributed by atoms with van der Waals surface area (Å²) in [5.74, 6) is 0.908. The zero-order valence-electron chi connectivity index (χ0n) is 12.5. The van der Waals surface area contributed by atoms with Gasteiger partial charge in [-0.3, -0.25) is 0 Å². The van der Waals surface area contributed by atoms with Crippen LogP contribution >= 0.6 is 11.6 Å². The lowest BCUT2D eigenvalue weighted by molar-refractivity contribution is 0.588. The average molecular weight is 284 g/mol. The summed E-state index contributed by atoms with van der Waals surface area (Å²) in [6.07, 6.45) is 4.28. The summed E-state index contributed by atoms with van der Waals surface area (Å²) in [7, 11) is 0. The van der Waals surface area contributed by atoms with Gasteiger partial charge in [-0.2, -0.15) is 0 Å². The van der Waals surface area contributed by atoms with E-state index >= 15 is 0 Å². The second kappa shape index (κ2) is 8.39. The lowest BCUT2D eigenvalue weighted by Crippen LogP contribution is -2.25. The minimum atomic E-state index is 0.468. The maximum absolute atomic E-state index is 6.37. The van der Waals surface area contributed by atoms with Gasteiger partial charge < -0.3 is 10.2 Å². The molecule has 0 aliphatic carbocycles. The maximum atomic E-state index is 6.37. The Morgan fingerprint density at radius 3 is 2.63 bits per heavy atom. The van der Waals surface area contributed by atoms with Crippen molar-refractivity contribution in [1.29, 1.82) is 0 Å². The fourth-order valence-corrected chi connectivity index (χ4v) is 2.19. The van der Waals surface area contributed by atoms with Crippen LogP contribution in [0.15, 0.2) is 12.3 Å². The van der Waals surface area contributed by atoms with Crippen molar-refractivity contribution < 1.29 is 0 Å². The van der Waals surface area contributed by atoms with Gasteiger partial charge in [0, 0.05) is 31.9 Å². The third-order valence-corrected chi connectivity index (χ3v) is 3.33. The number of halogens is 1. The molecule has 0 bridgehead atoms. The topological polar surface area (TPSA) is 28.2 Å². The van der Waals surface area contributed by atoms with Crippen LogP contribution in [0.25, 0.3) is 0 Å². The summed E-state index contributed by atoms with van der Waals surface area (Å²) in [6, 6.07) is 2.49. The molecule has 1 aromatic heterocycles. The molecule has 0 aromatic carbocycles. The minimum Gasteiger partial charge on any atom is -0.356 e. The van der Waals surface area contributed by atoms with E-state index in [-0.39, 0.29) is 0 Å². The van der Waals surface area contributed by atoms with Crippen LogP contribution in [0.5, 0.6) is 0 Å². The van der Waals surface area contributed by atoms with Crippen LogP contribution in [0.3, 0.4) is 0 Å². The number of anilines is 1. The number of rotatable bonds is 8. The van der Waals surface area contributed by atoms with Crippen molar-refractivity contribution >= 4 is 17.4 Å². The Balaban J connectivity index is 2.74. The molecule has 1 heterocycles. The van der Waals surface area contributed by atoms with Gasteiger partial charge in [-0.05, 0) is 25.0 Å². The van der Waals surface area contributed by atoms with E-state index in [4.69, 9.17) is 11.6 Å². The van der Waals surface area contributed by atoms with Crippen molar-refractivity contribution in [3.05, 3.63) is 22.8 Å². The molecule has 0 saturated carbocycles. The third-order valence-electron chi connectivity index (χ3n) is 3.06. The molecule has 1 rings (SSSR count). The van der Waals surface area contributed by atoms with Crippen LogP contribution in [0.4, 0.5) is 5.82 Å². The first-order valence-electron chi connectivity index (χ1n) is 7.21. The largest absolute Gasteiger partial charge is 0.356 e. The van der Waals surface area contributed by atoms with Gasteiger partial charge in [0.05, 0.1) is 5.02 Å². The molecular formula is C15H26ClN3. The fourth-order valence-electron chi connectivity index (χ4n) is 1.88. The number of nitrogens with one attached hydrogen (secondary N) is 1. The van der Waals surface area contributed by atoms with Crippen molar-refractivity contribution in [3.8, 4) is 0 Å². The normalized spacial score (nSPS) is 11.1. The maximum Gasteiger partial charge on any atom is 0.147 e.